The van der Waals surface area contributed by atoms with Crippen LogP contribution in [0, 0.1) is 5.92 Å². The average Bonchev–Trinajstić information content (AvgIpc) is 2.67. The number of amides is 1. The molecule has 0 aliphatic carbocycles. The molecule has 4 heteroatoms. The summed E-state index contributed by atoms with van der Waals surface area (Å²) in [6, 6.07) is 4.16. The van der Waals surface area contributed by atoms with Crippen molar-refractivity contribution in [2.24, 2.45) is 5.92 Å². The van der Waals surface area contributed by atoms with E-state index in [0.717, 1.165) is 17.7 Å². The van der Waals surface area contributed by atoms with Gasteiger partial charge in [0.2, 0.25) is 0 Å². The Labute approximate surface area is 108 Å². The van der Waals surface area contributed by atoms with Crippen LogP contribution >= 0.6 is 0 Å². The first-order valence-electron chi connectivity index (χ1n) is 6.50. The number of carbonyl (C=O) groups is 1. The summed E-state index contributed by atoms with van der Waals surface area (Å²) >= 11 is 0. The third-order valence-electron chi connectivity index (χ3n) is 3.54. The molecule has 0 spiro atoms. The SMILES string of the molecule is CCC(Nc1cc2c(cc1N)C(=O)NC2)C(C)C. The number of hydrogen-bond donors (Lipinski definition) is 3. The van der Waals surface area contributed by atoms with Gasteiger partial charge in [-0.15, -0.1) is 0 Å². The van der Waals surface area contributed by atoms with Crippen LogP contribution in [-0.2, 0) is 6.54 Å². The number of fused-ring (bicyclic) bond motifs is 1. The molecule has 0 radical (unpaired) electrons. The third-order valence-corrected chi connectivity index (χ3v) is 3.54. The normalized spacial score (nSPS) is 15.4. The number of benzene rings is 1. The molecule has 1 atom stereocenters. The van der Waals surface area contributed by atoms with Gasteiger partial charge in [-0.3, -0.25) is 4.79 Å². The molecule has 0 saturated heterocycles. The summed E-state index contributed by atoms with van der Waals surface area (Å²) in [6.45, 7) is 7.14. The molecule has 1 unspecified atom stereocenters. The number of carbonyl (C=O) groups excluding carboxylic acids is 1. The number of nitrogens with two attached hydrogens (primary N) is 1. The lowest BCUT2D eigenvalue weighted by Gasteiger charge is -2.23. The predicted molar refractivity (Wildman–Crippen MR) is 74.6 cm³/mol. The quantitative estimate of drug-likeness (QED) is 0.715. The molecule has 1 aromatic rings. The Hall–Kier alpha value is -1.71. The van der Waals surface area contributed by atoms with Crippen molar-refractivity contribution in [2.75, 3.05) is 11.1 Å². The molecule has 0 fully saturated rings. The van der Waals surface area contributed by atoms with Gasteiger partial charge in [-0.05, 0) is 30.0 Å². The van der Waals surface area contributed by atoms with E-state index in [9.17, 15) is 4.79 Å². The Balaban J connectivity index is 2.27. The summed E-state index contributed by atoms with van der Waals surface area (Å²) in [5.41, 5.74) is 9.32. The van der Waals surface area contributed by atoms with Gasteiger partial charge in [0.1, 0.15) is 0 Å². The maximum absolute atomic E-state index is 11.5. The van der Waals surface area contributed by atoms with E-state index in [0.29, 0.717) is 29.8 Å². The Bertz CT molecular complexity index is 468. The second-order valence-electron chi connectivity index (χ2n) is 5.18. The Morgan fingerprint density at radius 3 is 2.78 bits per heavy atom. The Morgan fingerprint density at radius 2 is 2.17 bits per heavy atom. The first-order chi connectivity index (χ1) is 8.52. The molecule has 1 amide bonds. The van der Waals surface area contributed by atoms with Gasteiger partial charge >= 0.3 is 0 Å². The lowest BCUT2D eigenvalue weighted by atomic mass is 10.0. The Kier molecular flexibility index (Phi) is 3.45. The molecule has 18 heavy (non-hydrogen) atoms. The number of rotatable bonds is 4. The van der Waals surface area contributed by atoms with E-state index in [-0.39, 0.29) is 5.91 Å². The third kappa shape index (κ3) is 2.28. The van der Waals surface area contributed by atoms with Gasteiger partial charge in [0.15, 0.2) is 0 Å². The van der Waals surface area contributed by atoms with Crippen LogP contribution in [-0.4, -0.2) is 11.9 Å². The summed E-state index contributed by atoms with van der Waals surface area (Å²) in [5, 5.41) is 6.28. The fourth-order valence-electron chi connectivity index (χ4n) is 2.35. The van der Waals surface area contributed by atoms with Gasteiger partial charge in [0.05, 0.1) is 11.4 Å². The fourth-order valence-corrected chi connectivity index (χ4v) is 2.35. The highest BCUT2D eigenvalue weighted by atomic mass is 16.1. The van der Waals surface area contributed by atoms with Crippen molar-refractivity contribution in [1.82, 2.24) is 5.32 Å². The summed E-state index contributed by atoms with van der Waals surface area (Å²) in [5.74, 6) is 0.515. The molecule has 0 bridgehead atoms. The standard InChI is InChI=1S/C14H21N3O/c1-4-12(8(2)3)17-13-5-9-7-16-14(18)10(9)6-11(13)15/h5-6,8,12,17H,4,7,15H2,1-3H3,(H,16,18). The molecule has 4 nitrogen and oxygen atoms in total. The molecule has 1 heterocycles. The molecule has 2 rings (SSSR count). The second kappa shape index (κ2) is 4.88. The van der Waals surface area contributed by atoms with Gasteiger partial charge in [0.25, 0.3) is 5.91 Å². The van der Waals surface area contributed by atoms with Crippen LogP contribution in [0.5, 0.6) is 0 Å². The van der Waals surface area contributed by atoms with Crippen molar-refractivity contribution in [3.05, 3.63) is 23.3 Å². The summed E-state index contributed by atoms with van der Waals surface area (Å²) in [6.07, 6.45) is 1.05. The van der Waals surface area contributed by atoms with Crippen molar-refractivity contribution in [3.63, 3.8) is 0 Å². The molecule has 1 aliphatic rings. The lowest BCUT2D eigenvalue weighted by molar-refractivity contribution is 0.0966. The highest BCUT2D eigenvalue weighted by Crippen LogP contribution is 2.28. The first-order valence-corrected chi connectivity index (χ1v) is 6.50. The highest BCUT2D eigenvalue weighted by Gasteiger charge is 2.21. The smallest absolute Gasteiger partial charge is 0.251 e. The number of hydrogen-bond acceptors (Lipinski definition) is 3. The summed E-state index contributed by atoms with van der Waals surface area (Å²) in [7, 11) is 0. The fraction of sp³-hybridized carbons (Fsp3) is 0.500. The van der Waals surface area contributed by atoms with E-state index in [1.54, 1.807) is 6.07 Å². The van der Waals surface area contributed by atoms with Crippen molar-refractivity contribution >= 4 is 17.3 Å². The molecule has 0 aromatic heterocycles. The molecule has 98 valence electrons. The van der Waals surface area contributed by atoms with Gasteiger partial charge < -0.3 is 16.4 Å². The summed E-state index contributed by atoms with van der Waals surface area (Å²) in [4.78, 5) is 11.5. The van der Waals surface area contributed by atoms with E-state index in [2.05, 4.69) is 31.4 Å². The predicted octanol–water partition coefficient (Wildman–Crippen LogP) is 2.36. The first kappa shape index (κ1) is 12.7. The molecular formula is C14H21N3O. The zero-order valence-electron chi connectivity index (χ0n) is 11.2. The topological polar surface area (TPSA) is 67.1 Å². The van der Waals surface area contributed by atoms with Crippen LogP contribution in [0.25, 0.3) is 0 Å². The molecule has 1 aromatic carbocycles. The van der Waals surface area contributed by atoms with Crippen LogP contribution in [0.4, 0.5) is 11.4 Å². The van der Waals surface area contributed by atoms with E-state index < -0.39 is 0 Å². The highest BCUT2D eigenvalue weighted by molar-refractivity contribution is 6.00. The van der Waals surface area contributed by atoms with Gasteiger partial charge in [-0.2, -0.15) is 0 Å². The van der Waals surface area contributed by atoms with Crippen molar-refractivity contribution < 1.29 is 4.79 Å². The second-order valence-corrected chi connectivity index (χ2v) is 5.18. The van der Waals surface area contributed by atoms with Crippen molar-refractivity contribution in [2.45, 2.75) is 39.8 Å². The molecule has 1 aliphatic heterocycles. The zero-order valence-corrected chi connectivity index (χ0v) is 11.2. The molecule has 4 N–H and O–H groups in total. The zero-order chi connectivity index (χ0) is 13.3. The minimum Gasteiger partial charge on any atom is -0.397 e. The Morgan fingerprint density at radius 1 is 1.44 bits per heavy atom. The van der Waals surface area contributed by atoms with Gasteiger partial charge in [-0.1, -0.05) is 20.8 Å². The van der Waals surface area contributed by atoms with E-state index in [1.807, 2.05) is 6.07 Å². The van der Waals surface area contributed by atoms with Crippen LogP contribution in [0.3, 0.4) is 0 Å². The van der Waals surface area contributed by atoms with Gasteiger partial charge in [0, 0.05) is 18.2 Å². The van der Waals surface area contributed by atoms with Crippen LogP contribution in [0.1, 0.15) is 43.1 Å². The van der Waals surface area contributed by atoms with Crippen molar-refractivity contribution in [1.29, 1.82) is 0 Å². The van der Waals surface area contributed by atoms with Gasteiger partial charge in [-0.25, -0.2) is 0 Å². The van der Waals surface area contributed by atoms with Crippen LogP contribution in [0.2, 0.25) is 0 Å². The van der Waals surface area contributed by atoms with E-state index in [1.165, 1.54) is 0 Å². The monoisotopic (exact) mass is 247 g/mol. The largest absolute Gasteiger partial charge is 0.397 e. The number of anilines is 2. The maximum atomic E-state index is 11.5. The van der Waals surface area contributed by atoms with Crippen LogP contribution < -0.4 is 16.4 Å². The minimum absolute atomic E-state index is 0.0286. The van der Waals surface area contributed by atoms with E-state index in [4.69, 9.17) is 5.73 Å². The number of nitrogens with one attached hydrogen (secondary N) is 2. The average molecular weight is 247 g/mol. The molecular weight excluding hydrogens is 226 g/mol. The minimum atomic E-state index is -0.0286. The van der Waals surface area contributed by atoms with E-state index >= 15 is 0 Å². The van der Waals surface area contributed by atoms with Crippen molar-refractivity contribution in [3.8, 4) is 0 Å². The lowest BCUT2D eigenvalue weighted by Crippen LogP contribution is -2.25. The van der Waals surface area contributed by atoms with Crippen LogP contribution in [0.15, 0.2) is 12.1 Å². The summed E-state index contributed by atoms with van der Waals surface area (Å²) < 4.78 is 0. The number of nitrogen functional groups attached to an aromatic ring is 1. The molecule has 0 saturated carbocycles. The maximum Gasteiger partial charge on any atom is 0.251 e.